The summed E-state index contributed by atoms with van der Waals surface area (Å²) in [6, 6.07) is 11.6. The van der Waals surface area contributed by atoms with E-state index in [2.05, 4.69) is 38.0 Å². The van der Waals surface area contributed by atoms with E-state index in [0.717, 1.165) is 30.9 Å². The Hall–Kier alpha value is -1.94. The molecule has 2 rings (SSSR count). The predicted molar refractivity (Wildman–Crippen MR) is 85.6 cm³/mol. The van der Waals surface area contributed by atoms with Crippen molar-refractivity contribution in [3.63, 3.8) is 0 Å². The van der Waals surface area contributed by atoms with Gasteiger partial charge in [0.2, 0.25) is 0 Å². The molecule has 0 unspecified atom stereocenters. The summed E-state index contributed by atoms with van der Waals surface area (Å²) < 4.78 is 1.58. The molecule has 0 saturated carbocycles. The lowest BCUT2D eigenvalue weighted by Gasteiger charge is -2.15. The second-order valence-corrected chi connectivity index (χ2v) is 5.35. The van der Waals surface area contributed by atoms with E-state index in [-0.39, 0.29) is 5.56 Å². The maximum atomic E-state index is 11.9. The molecule has 0 radical (unpaired) electrons. The van der Waals surface area contributed by atoms with Gasteiger partial charge < -0.3 is 4.90 Å². The molecular formula is C17H24N3O+. The molecule has 112 valence electrons. The molecule has 0 amide bonds. The quantitative estimate of drug-likeness (QED) is 0.865. The number of hydrogen-bond acceptors (Lipinski definition) is 2. The van der Waals surface area contributed by atoms with Gasteiger partial charge in [0.1, 0.15) is 0 Å². The Bertz CT molecular complexity index is 627. The number of nitrogens with one attached hydrogen (secondary N) is 1. The Morgan fingerprint density at radius 2 is 1.71 bits per heavy atom. The van der Waals surface area contributed by atoms with E-state index in [9.17, 15) is 4.79 Å². The summed E-state index contributed by atoms with van der Waals surface area (Å²) in [7, 11) is 0. The SMILES string of the molecule is CC[NH+](CC)CCn1nc(-c2ccc(C)cc2)ccc1=O. The minimum absolute atomic E-state index is 0.0302. The molecular weight excluding hydrogens is 262 g/mol. The monoisotopic (exact) mass is 286 g/mol. The van der Waals surface area contributed by atoms with Crippen molar-refractivity contribution in [3.05, 3.63) is 52.3 Å². The van der Waals surface area contributed by atoms with Gasteiger partial charge >= 0.3 is 0 Å². The zero-order valence-corrected chi connectivity index (χ0v) is 13.1. The summed E-state index contributed by atoms with van der Waals surface area (Å²) >= 11 is 0. The third-order valence-electron chi connectivity index (χ3n) is 3.89. The van der Waals surface area contributed by atoms with Crippen LogP contribution in [0.25, 0.3) is 11.3 Å². The smallest absolute Gasteiger partial charge is 0.266 e. The fraction of sp³-hybridized carbons (Fsp3) is 0.412. The maximum absolute atomic E-state index is 11.9. The molecule has 4 nitrogen and oxygen atoms in total. The summed E-state index contributed by atoms with van der Waals surface area (Å²) in [6.07, 6.45) is 0. The van der Waals surface area contributed by atoms with Gasteiger partial charge in [0, 0.05) is 11.6 Å². The Labute approximate surface area is 126 Å². The predicted octanol–water partition coefficient (Wildman–Crippen LogP) is 1.14. The van der Waals surface area contributed by atoms with E-state index >= 15 is 0 Å². The van der Waals surface area contributed by atoms with Crippen LogP contribution in [-0.4, -0.2) is 29.4 Å². The number of aromatic nitrogens is 2. The first-order valence-electron chi connectivity index (χ1n) is 7.62. The second-order valence-electron chi connectivity index (χ2n) is 5.35. The number of aryl methyl sites for hydroxylation is 1. The number of hydrogen-bond donors (Lipinski definition) is 1. The van der Waals surface area contributed by atoms with Gasteiger partial charge in [0.15, 0.2) is 0 Å². The first-order chi connectivity index (χ1) is 10.1. The Morgan fingerprint density at radius 1 is 1.05 bits per heavy atom. The first-order valence-corrected chi connectivity index (χ1v) is 7.62. The normalized spacial score (nSPS) is 11.0. The van der Waals surface area contributed by atoms with Gasteiger partial charge in [-0.2, -0.15) is 5.10 Å². The average molecular weight is 286 g/mol. The molecule has 0 aliphatic heterocycles. The van der Waals surface area contributed by atoms with Crippen molar-refractivity contribution in [2.24, 2.45) is 0 Å². The van der Waals surface area contributed by atoms with E-state index in [4.69, 9.17) is 0 Å². The largest absolute Gasteiger partial charge is 0.334 e. The fourth-order valence-corrected chi connectivity index (χ4v) is 2.35. The van der Waals surface area contributed by atoms with Crippen LogP contribution < -0.4 is 10.5 Å². The third kappa shape index (κ3) is 4.02. The van der Waals surface area contributed by atoms with Crippen LogP contribution in [0.15, 0.2) is 41.2 Å². The molecule has 21 heavy (non-hydrogen) atoms. The van der Waals surface area contributed by atoms with Crippen molar-refractivity contribution in [1.29, 1.82) is 0 Å². The van der Waals surface area contributed by atoms with Crippen LogP contribution in [0, 0.1) is 6.92 Å². The molecule has 1 aromatic carbocycles. The van der Waals surface area contributed by atoms with Gasteiger partial charge in [-0.25, -0.2) is 4.68 Å². The zero-order valence-electron chi connectivity index (χ0n) is 13.1. The molecule has 1 N–H and O–H groups in total. The van der Waals surface area contributed by atoms with Crippen LogP contribution >= 0.6 is 0 Å². The van der Waals surface area contributed by atoms with Crippen molar-refractivity contribution >= 4 is 0 Å². The van der Waals surface area contributed by atoms with Crippen molar-refractivity contribution in [3.8, 4) is 11.3 Å². The molecule has 1 aromatic heterocycles. The van der Waals surface area contributed by atoms with E-state index in [0.29, 0.717) is 6.54 Å². The number of quaternary nitrogens is 1. The zero-order chi connectivity index (χ0) is 15.2. The summed E-state index contributed by atoms with van der Waals surface area (Å²) in [5.74, 6) is 0. The summed E-state index contributed by atoms with van der Waals surface area (Å²) in [4.78, 5) is 13.4. The highest BCUT2D eigenvalue weighted by atomic mass is 16.1. The van der Waals surface area contributed by atoms with E-state index in [1.54, 1.807) is 16.8 Å². The highest BCUT2D eigenvalue weighted by Gasteiger charge is 2.07. The Balaban J connectivity index is 2.21. The van der Waals surface area contributed by atoms with Crippen LogP contribution in [0.4, 0.5) is 0 Å². The van der Waals surface area contributed by atoms with Gasteiger partial charge in [-0.3, -0.25) is 4.79 Å². The van der Waals surface area contributed by atoms with Crippen LogP contribution in [0.3, 0.4) is 0 Å². The van der Waals surface area contributed by atoms with Crippen molar-refractivity contribution in [2.75, 3.05) is 19.6 Å². The summed E-state index contributed by atoms with van der Waals surface area (Å²) in [5.41, 5.74) is 3.09. The molecule has 4 heteroatoms. The van der Waals surface area contributed by atoms with Gasteiger partial charge in [-0.05, 0) is 26.8 Å². The highest BCUT2D eigenvalue weighted by molar-refractivity contribution is 5.58. The first kappa shape index (κ1) is 15.4. The van der Waals surface area contributed by atoms with Crippen molar-refractivity contribution < 1.29 is 4.90 Å². The second kappa shape index (κ2) is 7.18. The minimum Gasteiger partial charge on any atom is -0.334 e. The van der Waals surface area contributed by atoms with Crippen LogP contribution in [0.1, 0.15) is 19.4 Å². The number of nitrogens with zero attached hydrogens (tertiary/aromatic N) is 2. The van der Waals surface area contributed by atoms with Crippen molar-refractivity contribution in [1.82, 2.24) is 9.78 Å². The van der Waals surface area contributed by atoms with Crippen molar-refractivity contribution in [2.45, 2.75) is 27.3 Å². The third-order valence-corrected chi connectivity index (χ3v) is 3.89. The molecule has 0 saturated heterocycles. The lowest BCUT2D eigenvalue weighted by molar-refractivity contribution is -0.897. The Kier molecular flexibility index (Phi) is 5.28. The summed E-state index contributed by atoms with van der Waals surface area (Å²) in [5, 5.41) is 4.50. The van der Waals surface area contributed by atoms with Crippen LogP contribution in [0.2, 0.25) is 0 Å². The van der Waals surface area contributed by atoms with Crippen LogP contribution in [-0.2, 0) is 6.54 Å². The maximum Gasteiger partial charge on any atom is 0.266 e. The molecule has 0 fully saturated rings. The number of rotatable bonds is 6. The fourth-order valence-electron chi connectivity index (χ4n) is 2.35. The molecule has 0 aliphatic rings. The average Bonchev–Trinajstić information content (AvgIpc) is 2.51. The van der Waals surface area contributed by atoms with Crippen LogP contribution in [0.5, 0.6) is 0 Å². The standard InChI is InChI=1S/C17H23N3O/c1-4-19(5-2)12-13-20-17(21)11-10-16(18-20)15-8-6-14(3)7-9-15/h6-11H,4-5,12-13H2,1-3H3/p+1. The van der Waals surface area contributed by atoms with E-state index in [1.807, 2.05) is 12.1 Å². The van der Waals surface area contributed by atoms with Gasteiger partial charge in [0.05, 0.1) is 31.9 Å². The molecule has 2 aromatic rings. The molecule has 0 aliphatic carbocycles. The lowest BCUT2D eigenvalue weighted by atomic mass is 10.1. The molecule has 1 heterocycles. The van der Waals surface area contributed by atoms with Gasteiger partial charge in [0.25, 0.3) is 5.56 Å². The number of benzene rings is 1. The topological polar surface area (TPSA) is 39.3 Å². The molecule has 0 spiro atoms. The highest BCUT2D eigenvalue weighted by Crippen LogP contribution is 2.15. The van der Waals surface area contributed by atoms with E-state index in [1.165, 1.54) is 10.5 Å². The number of likely N-dealkylation sites (N-methyl/N-ethyl adjacent to an activating group) is 1. The lowest BCUT2D eigenvalue weighted by Crippen LogP contribution is -3.11. The van der Waals surface area contributed by atoms with Gasteiger partial charge in [-0.1, -0.05) is 29.8 Å². The molecule has 0 bridgehead atoms. The minimum atomic E-state index is -0.0302. The molecule has 0 atom stereocenters. The van der Waals surface area contributed by atoms with E-state index < -0.39 is 0 Å². The summed E-state index contributed by atoms with van der Waals surface area (Å²) in [6.45, 7) is 10.1. The Morgan fingerprint density at radius 3 is 2.33 bits per heavy atom. The van der Waals surface area contributed by atoms with Gasteiger partial charge in [-0.15, -0.1) is 0 Å².